The first-order chi connectivity index (χ1) is 7.50. The Morgan fingerprint density at radius 2 is 2.00 bits per heavy atom. The minimum atomic E-state index is -3.10. The number of nitrogens with one attached hydrogen (secondary N) is 1. The molecule has 1 aliphatic heterocycles. The zero-order valence-corrected chi connectivity index (χ0v) is 11.9. The van der Waals surface area contributed by atoms with Crippen molar-refractivity contribution in [3.8, 4) is 0 Å². The second-order valence-corrected chi connectivity index (χ2v) is 7.50. The molecule has 0 aromatic rings. The molecule has 1 saturated heterocycles. The van der Waals surface area contributed by atoms with Crippen molar-refractivity contribution >= 4 is 21.8 Å². The molecule has 0 radical (unpaired) electrons. The van der Waals surface area contributed by atoms with E-state index >= 15 is 0 Å². The predicted molar refractivity (Wildman–Crippen MR) is 70.4 cm³/mol. The minimum Gasteiger partial charge on any atom is -0.317 e. The number of thioether (sulfide) groups is 1. The molecular weight excluding hydrogens is 244 g/mol. The van der Waals surface area contributed by atoms with Crippen molar-refractivity contribution in [2.75, 3.05) is 32.1 Å². The number of sulfonamides is 1. The van der Waals surface area contributed by atoms with Crippen LogP contribution in [0.1, 0.15) is 19.8 Å². The highest BCUT2D eigenvalue weighted by Gasteiger charge is 2.32. The lowest BCUT2D eigenvalue weighted by Gasteiger charge is -2.30. The third-order valence-electron chi connectivity index (χ3n) is 3.14. The summed E-state index contributed by atoms with van der Waals surface area (Å²) in [5.74, 6) is 0.848. The van der Waals surface area contributed by atoms with Crippen LogP contribution in [0.3, 0.4) is 0 Å². The van der Waals surface area contributed by atoms with Gasteiger partial charge in [-0.15, -0.1) is 0 Å². The lowest BCUT2D eigenvalue weighted by molar-refractivity contribution is 0.392. The maximum Gasteiger partial charge on any atom is 0.217 e. The first-order valence-corrected chi connectivity index (χ1v) is 8.56. The van der Waals surface area contributed by atoms with Gasteiger partial charge in [0, 0.05) is 18.8 Å². The van der Waals surface area contributed by atoms with Gasteiger partial charge in [0.05, 0.1) is 5.25 Å². The summed E-state index contributed by atoms with van der Waals surface area (Å²) in [6.07, 6.45) is 3.47. The fourth-order valence-electron chi connectivity index (χ4n) is 1.93. The Bertz CT molecular complexity index is 300. The summed E-state index contributed by atoms with van der Waals surface area (Å²) in [6, 6.07) is 0.0786. The summed E-state index contributed by atoms with van der Waals surface area (Å²) in [4.78, 5) is 0. The van der Waals surface area contributed by atoms with E-state index < -0.39 is 10.0 Å². The van der Waals surface area contributed by atoms with E-state index in [1.165, 1.54) is 0 Å². The number of piperidine rings is 1. The van der Waals surface area contributed by atoms with Gasteiger partial charge in [-0.25, -0.2) is 12.7 Å². The molecule has 0 spiro atoms. The molecule has 0 aromatic carbocycles. The number of nitrogens with zero attached hydrogens (tertiary/aromatic N) is 1. The molecular formula is C10H22N2O2S2. The van der Waals surface area contributed by atoms with Crippen molar-refractivity contribution in [1.82, 2.24) is 9.62 Å². The molecule has 0 bridgehead atoms. The quantitative estimate of drug-likeness (QED) is 0.798. The van der Waals surface area contributed by atoms with Gasteiger partial charge < -0.3 is 5.32 Å². The second kappa shape index (κ2) is 6.23. The van der Waals surface area contributed by atoms with Crippen molar-refractivity contribution in [3.63, 3.8) is 0 Å². The lowest BCUT2D eigenvalue weighted by atomic mass is 10.2. The van der Waals surface area contributed by atoms with Gasteiger partial charge in [-0.1, -0.05) is 0 Å². The van der Waals surface area contributed by atoms with E-state index in [9.17, 15) is 8.42 Å². The predicted octanol–water partition coefficient (Wildman–Crippen LogP) is 0.751. The van der Waals surface area contributed by atoms with Crippen LogP contribution in [-0.4, -0.2) is 56.2 Å². The second-order valence-electron chi connectivity index (χ2n) is 4.31. The van der Waals surface area contributed by atoms with Crippen LogP contribution in [-0.2, 0) is 10.0 Å². The van der Waals surface area contributed by atoms with Crippen LogP contribution in [0.2, 0.25) is 0 Å². The summed E-state index contributed by atoms with van der Waals surface area (Å²) in [5.41, 5.74) is 0. The number of hydrogen-bond donors (Lipinski definition) is 1. The topological polar surface area (TPSA) is 49.4 Å². The zero-order valence-electron chi connectivity index (χ0n) is 10.3. The average molecular weight is 266 g/mol. The van der Waals surface area contributed by atoms with Gasteiger partial charge in [0.25, 0.3) is 0 Å². The fourth-order valence-corrected chi connectivity index (χ4v) is 4.60. The highest BCUT2D eigenvalue weighted by atomic mass is 32.2. The molecule has 16 heavy (non-hydrogen) atoms. The Morgan fingerprint density at radius 1 is 1.44 bits per heavy atom. The van der Waals surface area contributed by atoms with Crippen LogP contribution in [0.15, 0.2) is 0 Å². The normalized spacial score (nSPS) is 21.2. The smallest absolute Gasteiger partial charge is 0.217 e. The molecule has 1 fully saturated rings. The Labute approximate surface area is 103 Å². The van der Waals surface area contributed by atoms with Gasteiger partial charge in [0.2, 0.25) is 10.0 Å². The van der Waals surface area contributed by atoms with Crippen molar-refractivity contribution < 1.29 is 8.42 Å². The molecule has 1 heterocycles. The maximum absolute atomic E-state index is 12.3. The molecule has 96 valence electrons. The Hall–Kier alpha value is 0.220. The van der Waals surface area contributed by atoms with Crippen LogP contribution in [0.25, 0.3) is 0 Å². The van der Waals surface area contributed by atoms with E-state index in [4.69, 9.17) is 0 Å². The monoisotopic (exact) mass is 266 g/mol. The van der Waals surface area contributed by atoms with Crippen LogP contribution in [0.4, 0.5) is 0 Å². The minimum absolute atomic E-state index is 0.0786. The molecule has 1 aliphatic rings. The third kappa shape index (κ3) is 3.35. The Kier molecular flexibility index (Phi) is 5.56. The summed E-state index contributed by atoms with van der Waals surface area (Å²) in [5, 5.41) is 3.00. The first-order valence-electron chi connectivity index (χ1n) is 5.66. The molecule has 1 rings (SSSR count). The van der Waals surface area contributed by atoms with E-state index in [0.29, 0.717) is 0 Å². The van der Waals surface area contributed by atoms with Gasteiger partial charge in [-0.05, 0) is 39.1 Å². The van der Waals surface area contributed by atoms with E-state index in [0.717, 1.165) is 31.7 Å². The summed E-state index contributed by atoms with van der Waals surface area (Å²) < 4.78 is 26.1. The summed E-state index contributed by atoms with van der Waals surface area (Å²) in [7, 11) is -1.40. The first kappa shape index (κ1) is 14.3. The van der Waals surface area contributed by atoms with Gasteiger partial charge >= 0.3 is 0 Å². The van der Waals surface area contributed by atoms with Crippen LogP contribution in [0.5, 0.6) is 0 Å². The van der Waals surface area contributed by atoms with E-state index in [-0.39, 0.29) is 11.3 Å². The van der Waals surface area contributed by atoms with Crippen molar-refractivity contribution in [1.29, 1.82) is 0 Å². The summed E-state index contributed by atoms with van der Waals surface area (Å²) >= 11 is 1.68. The maximum atomic E-state index is 12.3. The van der Waals surface area contributed by atoms with Crippen molar-refractivity contribution in [3.05, 3.63) is 0 Å². The highest BCUT2D eigenvalue weighted by Crippen LogP contribution is 2.19. The molecule has 0 aliphatic carbocycles. The third-order valence-corrected chi connectivity index (χ3v) is 6.43. The molecule has 0 amide bonds. The van der Waals surface area contributed by atoms with Gasteiger partial charge in [-0.2, -0.15) is 11.8 Å². The molecule has 6 heteroatoms. The molecule has 0 aromatic heterocycles. The molecule has 0 saturated carbocycles. The van der Waals surface area contributed by atoms with E-state index in [2.05, 4.69) is 5.32 Å². The standard InChI is InChI=1S/C10H22N2O2S2/c1-9(8-15-3)12(2)16(13,14)10-4-6-11-7-5-10/h9-11H,4-8H2,1-3H3. The molecule has 1 N–H and O–H groups in total. The highest BCUT2D eigenvalue weighted by molar-refractivity contribution is 7.98. The fraction of sp³-hybridized carbons (Fsp3) is 1.00. The van der Waals surface area contributed by atoms with Crippen molar-refractivity contribution in [2.45, 2.75) is 31.1 Å². The Morgan fingerprint density at radius 3 is 2.50 bits per heavy atom. The van der Waals surface area contributed by atoms with Crippen LogP contribution in [0, 0.1) is 0 Å². The Balaban J connectivity index is 2.67. The van der Waals surface area contributed by atoms with E-state index in [1.807, 2.05) is 13.2 Å². The number of hydrogen-bond acceptors (Lipinski definition) is 4. The van der Waals surface area contributed by atoms with Crippen molar-refractivity contribution in [2.24, 2.45) is 0 Å². The lowest BCUT2D eigenvalue weighted by Crippen LogP contribution is -2.46. The SMILES string of the molecule is CSCC(C)N(C)S(=O)(=O)C1CCNCC1. The average Bonchev–Trinajstić information content (AvgIpc) is 2.29. The summed E-state index contributed by atoms with van der Waals surface area (Å²) in [6.45, 7) is 3.60. The van der Waals surface area contributed by atoms with Crippen LogP contribution >= 0.6 is 11.8 Å². The molecule has 1 atom stereocenters. The van der Waals surface area contributed by atoms with Gasteiger partial charge in [0.1, 0.15) is 0 Å². The van der Waals surface area contributed by atoms with Gasteiger partial charge in [0.15, 0.2) is 0 Å². The largest absolute Gasteiger partial charge is 0.317 e. The molecule has 4 nitrogen and oxygen atoms in total. The zero-order chi connectivity index (χ0) is 12.2. The van der Waals surface area contributed by atoms with Gasteiger partial charge in [-0.3, -0.25) is 0 Å². The number of rotatable bonds is 5. The van der Waals surface area contributed by atoms with E-state index in [1.54, 1.807) is 23.1 Å². The van der Waals surface area contributed by atoms with Crippen LogP contribution < -0.4 is 5.32 Å². The molecule has 1 unspecified atom stereocenters.